The van der Waals surface area contributed by atoms with Crippen molar-refractivity contribution in [3.8, 4) is 0 Å². The van der Waals surface area contributed by atoms with E-state index in [1.807, 2.05) is 53.5 Å². The third-order valence-corrected chi connectivity index (χ3v) is 5.31. The van der Waals surface area contributed by atoms with E-state index in [0.29, 0.717) is 25.3 Å². The van der Waals surface area contributed by atoms with Gasteiger partial charge in [0.15, 0.2) is 0 Å². The van der Waals surface area contributed by atoms with Crippen LogP contribution >= 0.6 is 0 Å². The molecule has 2 amide bonds. The molecule has 0 atom stereocenters. The molecular weight excluding hydrogens is 356 g/mol. The van der Waals surface area contributed by atoms with E-state index in [4.69, 9.17) is 0 Å². The number of carbonyl (C=O) groups is 2. The van der Waals surface area contributed by atoms with E-state index in [1.165, 1.54) is 0 Å². The molecular formula is C20H30N6O2. The lowest BCUT2D eigenvalue weighted by Crippen LogP contribution is -2.39. The minimum atomic E-state index is 0.0255. The summed E-state index contributed by atoms with van der Waals surface area (Å²) in [6.07, 6.45) is 6.47. The normalized spacial score (nSPS) is 15.0. The molecule has 8 heteroatoms. The molecule has 3 heterocycles. The van der Waals surface area contributed by atoms with Crippen molar-refractivity contribution in [1.29, 1.82) is 0 Å². The lowest BCUT2D eigenvalue weighted by molar-refractivity contribution is -0.132. The molecule has 3 rings (SSSR count). The van der Waals surface area contributed by atoms with Gasteiger partial charge in [-0.1, -0.05) is 0 Å². The summed E-state index contributed by atoms with van der Waals surface area (Å²) in [5.74, 6) is 0.510. The van der Waals surface area contributed by atoms with Crippen LogP contribution in [0.25, 0.3) is 0 Å². The second-order valence-electron chi connectivity index (χ2n) is 7.53. The first-order chi connectivity index (χ1) is 13.4. The summed E-state index contributed by atoms with van der Waals surface area (Å²) in [5.41, 5.74) is 2.58. The van der Waals surface area contributed by atoms with Crippen molar-refractivity contribution in [1.82, 2.24) is 24.5 Å². The standard InChI is InChI=1S/C20H30N6O2/c1-4-25-14-18(16(3)23-25)21-19(27)13-17-6-9-24(10-7-17)20(28)8-12-26-11-5-15(2)22-26/h5,11,14,17H,4,6-10,12-13H2,1-3H3,(H,21,27). The summed E-state index contributed by atoms with van der Waals surface area (Å²) in [7, 11) is 0. The van der Waals surface area contributed by atoms with Crippen LogP contribution in [0, 0.1) is 19.8 Å². The summed E-state index contributed by atoms with van der Waals surface area (Å²) < 4.78 is 3.63. The van der Waals surface area contributed by atoms with Crippen LogP contribution in [-0.4, -0.2) is 49.4 Å². The van der Waals surface area contributed by atoms with E-state index in [-0.39, 0.29) is 11.8 Å². The van der Waals surface area contributed by atoms with Crippen LogP contribution in [0.4, 0.5) is 5.69 Å². The SMILES string of the molecule is CCn1cc(NC(=O)CC2CCN(C(=O)CCn3ccc(C)n3)CC2)c(C)n1. The van der Waals surface area contributed by atoms with E-state index in [1.54, 1.807) is 0 Å². The average Bonchev–Trinajstić information content (AvgIpc) is 3.25. The third kappa shape index (κ3) is 5.21. The molecule has 1 fully saturated rings. The molecule has 1 aliphatic heterocycles. The highest BCUT2D eigenvalue weighted by Gasteiger charge is 2.24. The number of piperidine rings is 1. The van der Waals surface area contributed by atoms with Gasteiger partial charge in [0.25, 0.3) is 0 Å². The zero-order chi connectivity index (χ0) is 20.1. The maximum atomic E-state index is 12.4. The molecule has 0 aliphatic carbocycles. The zero-order valence-electron chi connectivity index (χ0n) is 17.0. The zero-order valence-corrected chi connectivity index (χ0v) is 17.0. The number of amides is 2. The van der Waals surface area contributed by atoms with E-state index < -0.39 is 0 Å². The van der Waals surface area contributed by atoms with Gasteiger partial charge in [0, 0.05) is 51.4 Å². The molecule has 1 saturated heterocycles. The molecule has 0 bridgehead atoms. The minimum absolute atomic E-state index is 0.0255. The van der Waals surface area contributed by atoms with Crippen molar-refractivity contribution in [3.05, 3.63) is 29.8 Å². The molecule has 2 aromatic rings. The molecule has 0 saturated carbocycles. The van der Waals surface area contributed by atoms with Crippen LogP contribution in [0.3, 0.4) is 0 Å². The number of likely N-dealkylation sites (tertiary alicyclic amines) is 1. The first-order valence-corrected chi connectivity index (χ1v) is 10.1. The summed E-state index contributed by atoms with van der Waals surface area (Å²) in [6, 6.07) is 1.94. The highest BCUT2D eigenvalue weighted by molar-refractivity contribution is 5.91. The van der Waals surface area contributed by atoms with Crippen LogP contribution in [0.1, 0.15) is 44.0 Å². The monoisotopic (exact) mass is 386 g/mol. The Morgan fingerprint density at radius 2 is 1.93 bits per heavy atom. The van der Waals surface area contributed by atoms with Crippen molar-refractivity contribution in [3.63, 3.8) is 0 Å². The number of hydrogen-bond donors (Lipinski definition) is 1. The lowest BCUT2D eigenvalue weighted by Gasteiger charge is -2.31. The fourth-order valence-corrected chi connectivity index (χ4v) is 3.61. The van der Waals surface area contributed by atoms with E-state index in [2.05, 4.69) is 15.5 Å². The Morgan fingerprint density at radius 1 is 1.18 bits per heavy atom. The summed E-state index contributed by atoms with van der Waals surface area (Å²) >= 11 is 0. The summed E-state index contributed by atoms with van der Waals surface area (Å²) in [6.45, 7) is 8.70. The van der Waals surface area contributed by atoms with Crippen LogP contribution in [0.5, 0.6) is 0 Å². The molecule has 0 aromatic carbocycles. The van der Waals surface area contributed by atoms with Crippen LogP contribution in [0.2, 0.25) is 0 Å². The predicted octanol–water partition coefficient (Wildman–Crippen LogP) is 2.37. The first kappa shape index (κ1) is 20.1. The largest absolute Gasteiger partial charge is 0.343 e. The van der Waals surface area contributed by atoms with Crippen LogP contribution < -0.4 is 5.32 Å². The molecule has 152 valence electrons. The predicted molar refractivity (Wildman–Crippen MR) is 107 cm³/mol. The van der Waals surface area contributed by atoms with Crippen molar-refractivity contribution in [2.24, 2.45) is 5.92 Å². The molecule has 0 radical (unpaired) electrons. The number of hydrogen-bond acceptors (Lipinski definition) is 4. The Kier molecular flexibility index (Phi) is 6.49. The van der Waals surface area contributed by atoms with Gasteiger partial charge in [-0.25, -0.2) is 0 Å². The number of nitrogens with zero attached hydrogens (tertiary/aromatic N) is 5. The second kappa shape index (κ2) is 9.03. The summed E-state index contributed by atoms with van der Waals surface area (Å²) in [4.78, 5) is 26.7. The second-order valence-corrected chi connectivity index (χ2v) is 7.53. The van der Waals surface area contributed by atoms with Crippen molar-refractivity contribution in [2.45, 2.75) is 59.5 Å². The maximum absolute atomic E-state index is 12.4. The van der Waals surface area contributed by atoms with Gasteiger partial charge in [0.1, 0.15) is 0 Å². The molecule has 1 N–H and O–H groups in total. The van der Waals surface area contributed by atoms with Gasteiger partial charge in [0.2, 0.25) is 11.8 Å². The van der Waals surface area contributed by atoms with Gasteiger partial charge in [0.05, 0.1) is 17.1 Å². The van der Waals surface area contributed by atoms with Crippen molar-refractivity contribution < 1.29 is 9.59 Å². The number of carbonyl (C=O) groups excluding carboxylic acids is 2. The van der Waals surface area contributed by atoms with E-state index >= 15 is 0 Å². The van der Waals surface area contributed by atoms with Crippen LogP contribution in [0.15, 0.2) is 18.5 Å². The van der Waals surface area contributed by atoms with Gasteiger partial charge in [-0.05, 0) is 45.6 Å². The number of anilines is 1. The highest BCUT2D eigenvalue weighted by atomic mass is 16.2. The molecule has 2 aromatic heterocycles. The highest BCUT2D eigenvalue weighted by Crippen LogP contribution is 2.22. The molecule has 1 aliphatic rings. The Balaban J connectivity index is 1.40. The number of aromatic nitrogens is 4. The fourth-order valence-electron chi connectivity index (χ4n) is 3.61. The minimum Gasteiger partial charge on any atom is -0.343 e. The lowest BCUT2D eigenvalue weighted by atomic mass is 9.93. The quantitative estimate of drug-likeness (QED) is 0.792. The van der Waals surface area contributed by atoms with Crippen molar-refractivity contribution in [2.75, 3.05) is 18.4 Å². The Bertz CT molecular complexity index is 817. The topological polar surface area (TPSA) is 85.0 Å². The number of aryl methyl sites for hydroxylation is 4. The van der Waals surface area contributed by atoms with Crippen molar-refractivity contribution >= 4 is 17.5 Å². The third-order valence-electron chi connectivity index (χ3n) is 5.31. The number of nitrogens with one attached hydrogen (secondary N) is 1. The number of rotatable bonds is 7. The Labute approximate surface area is 165 Å². The van der Waals surface area contributed by atoms with E-state index in [0.717, 1.165) is 49.6 Å². The molecule has 28 heavy (non-hydrogen) atoms. The first-order valence-electron chi connectivity index (χ1n) is 10.1. The van der Waals surface area contributed by atoms with E-state index in [9.17, 15) is 9.59 Å². The maximum Gasteiger partial charge on any atom is 0.224 e. The molecule has 0 unspecified atom stereocenters. The van der Waals surface area contributed by atoms with Gasteiger partial charge in [-0.3, -0.25) is 19.0 Å². The van der Waals surface area contributed by atoms with Gasteiger partial charge < -0.3 is 10.2 Å². The molecule has 0 spiro atoms. The van der Waals surface area contributed by atoms with Gasteiger partial charge >= 0.3 is 0 Å². The smallest absolute Gasteiger partial charge is 0.224 e. The summed E-state index contributed by atoms with van der Waals surface area (Å²) in [5, 5.41) is 11.6. The molecule has 8 nitrogen and oxygen atoms in total. The Hall–Kier alpha value is -2.64. The van der Waals surface area contributed by atoms with Gasteiger partial charge in [-0.15, -0.1) is 0 Å². The van der Waals surface area contributed by atoms with Gasteiger partial charge in [-0.2, -0.15) is 10.2 Å². The fraction of sp³-hybridized carbons (Fsp3) is 0.600. The van der Waals surface area contributed by atoms with Crippen LogP contribution in [-0.2, 0) is 22.7 Å². The Morgan fingerprint density at radius 3 is 2.54 bits per heavy atom. The average molecular weight is 387 g/mol.